The number of ether oxygens (including phenoxy) is 2. The molecule has 3 rings (SSSR count). The summed E-state index contributed by atoms with van der Waals surface area (Å²) in [5.41, 5.74) is 9.58. The van der Waals surface area contributed by atoms with E-state index in [1.807, 2.05) is 38.1 Å². The average molecular weight is 322 g/mol. The van der Waals surface area contributed by atoms with E-state index < -0.39 is 5.91 Å². The first-order valence-electron chi connectivity index (χ1n) is 7.54. The highest BCUT2D eigenvalue weighted by molar-refractivity contribution is 6.01. The summed E-state index contributed by atoms with van der Waals surface area (Å²) in [6.45, 7) is 5.91. The number of aryl methyl sites for hydroxylation is 1. The van der Waals surface area contributed by atoms with Gasteiger partial charge in [-0.1, -0.05) is 5.92 Å². The summed E-state index contributed by atoms with van der Waals surface area (Å²) < 4.78 is 12.9. The molecule has 0 saturated heterocycles. The molecule has 0 aliphatic carbocycles. The third-order valence-electron chi connectivity index (χ3n) is 3.91. The van der Waals surface area contributed by atoms with Crippen LogP contribution in [0.3, 0.4) is 0 Å². The fourth-order valence-corrected chi connectivity index (χ4v) is 2.81. The third-order valence-corrected chi connectivity index (χ3v) is 3.91. The zero-order valence-corrected chi connectivity index (χ0v) is 13.8. The van der Waals surface area contributed by atoms with Crippen LogP contribution >= 0.6 is 0 Å². The average Bonchev–Trinajstić information content (AvgIpc) is 3.11. The van der Waals surface area contributed by atoms with E-state index in [9.17, 15) is 4.79 Å². The van der Waals surface area contributed by atoms with E-state index in [2.05, 4.69) is 16.4 Å². The van der Waals surface area contributed by atoms with Crippen molar-refractivity contribution in [2.45, 2.75) is 20.8 Å². The van der Waals surface area contributed by atoms with E-state index in [0.717, 1.165) is 34.1 Å². The Morgan fingerprint density at radius 2 is 2.00 bits per heavy atom. The van der Waals surface area contributed by atoms with Crippen LogP contribution in [0.1, 0.15) is 23.9 Å². The van der Waals surface area contributed by atoms with Gasteiger partial charge in [-0.05, 0) is 50.6 Å². The Labute approximate surface area is 140 Å². The van der Waals surface area contributed by atoms with Crippen LogP contribution in [0.4, 0.5) is 0 Å². The minimum atomic E-state index is -0.530. The summed E-state index contributed by atoms with van der Waals surface area (Å²) >= 11 is 0. The van der Waals surface area contributed by atoms with Crippen molar-refractivity contribution in [3.05, 3.63) is 46.8 Å². The van der Waals surface area contributed by atoms with Gasteiger partial charge in [0.05, 0.1) is 5.57 Å². The van der Waals surface area contributed by atoms with Crippen LogP contribution in [-0.4, -0.2) is 17.3 Å². The minimum Gasteiger partial charge on any atom is -0.454 e. The van der Waals surface area contributed by atoms with Crippen LogP contribution in [0.25, 0.3) is 11.8 Å². The van der Waals surface area contributed by atoms with Gasteiger partial charge in [0.25, 0.3) is 5.91 Å². The molecule has 2 heterocycles. The smallest absolute Gasteiger partial charge is 0.257 e. The number of benzene rings is 1. The van der Waals surface area contributed by atoms with Crippen molar-refractivity contribution >= 4 is 12.0 Å². The Morgan fingerprint density at radius 3 is 2.71 bits per heavy atom. The molecule has 0 radical (unpaired) electrons. The lowest BCUT2D eigenvalue weighted by atomic mass is 10.1. The Hall–Kier alpha value is -3.13. The van der Waals surface area contributed by atoms with Crippen molar-refractivity contribution < 1.29 is 14.3 Å². The molecule has 122 valence electrons. The van der Waals surface area contributed by atoms with Crippen LogP contribution in [0.2, 0.25) is 0 Å². The summed E-state index contributed by atoms with van der Waals surface area (Å²) in [5, 5.41) is 0. The predicted octanol–water partition coefficient (Wildman–Crippen LogP) is 2.71. The maximum Gasteiger partial charge on any atom is 0.257 e. The van der Waals surface area contributed by atoms with E-state index in [-0.39, 0.29) is 6.79 Å². The number of amides is 1. The first-order valence-corrected chi connectivity index (χ1v) is 7.54. The summed E-state index contributed by atoms with van der Waals surface area (Å²) in [4.78, 5) is 11.5. The van der Waals surface area contributed by atoms with Crippen molar-refractivity contribution in [1.82, 2.24) is 4.57 Å². The maximum atomic E-state index is 11.5. The van der Waals surface area contributed by atoms with Crippen LogP contribution < -0.4 is 15.2 Å². The lowest BCUT2D eigenvalue weighted by Gasteiger charge is -2.10. The number of rotatable bonds is 3. The van der Waals surface area contributed by atoms with Gasteiger partial charge in [-0.3, -0.25) is 4.79 Å². The topological polar surface area (TPSA) is 66.5 Å². The molecule has 0 atom stereocenters. The molecule has 0 saturated carbocycles. The van der Waals surface area contributed by atoms with Gasteiger partial charge in [-0.15, -0.1) is 5.92 Å². The SMILES string of the molecule is CC#C/C(=C\c1cc(C)n(-c2ccc3c(c2)OCO3)c1C)C(N)=O. The Kier molecular flexibility index (Phi) is 4.05. The quantitative estimate of drug-likeness (QED) is 0.698. The number of nitrogens with zero attached hydrogens (tertiary/aromatic N) is 1. The highest BCUT2D eigenvalue weighted by Gasteiger charge is 2.16. The van der Waals surface area contributed by atoms with Gasteiger partial charge >= 0.3 is 0 Å². The standard InChI is InChI=1S/C19H18N2O3/c1-4-5-14(19(20)22)9-15-8-12(2)21(13(15)3)16-6-7-17-18(10-16)24-11-23-17/h6-10H,11H2,1-3H3,(H2,20,22)/b14-9+. The van der Waals surface area contributed by atoms with Crippen LogP contribution in [0.15, 0.2) is 29.8 Å². The number of fused-ring (bicyclic) bond motifs is 1. The van der Waals surface area contributed by atoms with Crippen molar-refractivity contribution in [3.63, 3.8) is 0 Å². The molecule has 0 bridgehead atoms. The third kappa shape index (κ3) is 2.74. The largest absolute Gasteiger partial charge is 0.454 e. The molecule has 0 spiro atoms. The van der Waals surface area contributed by atoms with Crippen LogP contribution in [-0.2, 0) is 4.79 Å². The van der Waals surface area contributed by atoms with Crippen molar-refractivity contribution in [3.8, 4) is 29.0 Å². The number of hydrogen-bond acceptors (Lipinski definition) is 3. The fraction of sp³-hybridized carbons (Fsp3) is 0.211. The van der Waals surface area contributed by atoms with Crippen LogP contribution in [0.5, 0.6) is 11.5 Å². The molecule has 2 aromatic rings. The van der Waals surface area contributed by atoms with Gasteiger partial charge in [0.15, 0.2) is 11.5 Å². The zero-order valence-electron chi connectivity index (χ0n) is 13.8. The molecule has 1 aliphatic rings. The number of hydrogen-bond donors (Lipinski definition) is 1. The minimum absolute atomic E-state index is 0.244. The molecule has 5 nitrogen and oxygen atoms in total. The molecule has 5 heteroatoms. The maximum absolute atomic E-state index is 11.5. The van der Waals surface area contributed by atoms with Crippen LogP contribution in [0, 0.1) is 25.7 Å². The van der Waals surface area contributed by atoms with Gasteiger partial charge in [0.1, 0.15) is 0 Å². The van der Waals surface area contributed by atoms with Gasteiger partial charge in [0.2, 0.25) is 6.79 Å². The summed E-state index contributed by atoms with van der Waals surface area (Å²) in [6, 6.07) is 7.81. The van der Waals surface area contributed by atoms with Gasteiger partial charge in [-0.25, -0.2) is 0 Å². The van der Waals surface area contributed by atoms with Crippen molar-refractivity contribution in [2.24, 2.45) is 5.73 Å². The second-order valence-electron chi connectivity index (χ2n) is 5.50. The first kappa shape index (κ1) is 15.8. The number of nitrogens with two attached hydrogens (primary N) is 1. The van der Waals surface area contributed by atoms with E-state index in [0.29, 0.717) is 5.57 Å². The Bertz CT molecular complexity index is 911. The Morgan fingerprint density at radius 1 is 1.25 bits per heavy atom. The molecular weight excluding hydrogens is 304 g/mol. The monoisotopic (exact) mass is 322 g/mol. The normalized spacial score (nSPS) is 12.7. The van der Waals surface area contributed by atoms with E-state index >= 15 is 0 Å². The number of carbonyl (C=O) groups is 1. The lowest BCUT2D eigenvalue weighted by Crippen LogP contribution is -2.12. The van der Waals surface area contributed by atoms with Gasteiger partial charge < -0.3 is 19.8 Å². The number of carbonyl (C=O) groups excluding carboxylic acids is 1. The molecule has 1 aromatic carbocycles. The summed E-state index contributed by atoms with van der Waals surface area (Å²) in [7, 11) is 0. The molecule has 0 unspecified atom stereocenters. The fourth-order valence-electron chi connectivity index (χ4n) is 2.81. The molecule has 24 heavy (non-hydrogen) atoms. The predicted molar refractivity (Wildman–Crippen MR) is 92.0 cm³/mol. The summed E-state index contributed by atoms with van der Waals surface area (Å²) in [6.07, 6.45) is 1.73. The van der Waals surface area contributed by atoms with Crippen molar-refractivity contribution in [2.75, 3.05) is 6.79 Å². The molecule has 2 N–H and O–H groups in total. The number of primary amides is 1. The first-order chi connectivity index (χ1) is 11.5. The number of aromatic nitrogens is 1. The van der Waals surface area contributed by atoms with E-state index in [4.69, 9.17) is 15.2 Å². The van der Waals surface area contributed by atoms with Gasteiger partial charge in [-0.2, -0.15) is 0 Å². The second-order valence-corrected chi connectivity index (χ2v) is 5.50. The molecular formula is C19H18N2O3. The Balaban J connectivity index is 2.08. The molecule has 1 aromatic heterocycles. The lowest BCUT2D eigenvalue weighted by molar-refractivity contribution is -0.114. The zero-order chi connectivity index (χ0) is 17.3. The van der Waals surface area contributed by atoms with Crippen molar-refractivity contribution in [1.29, 1.82) is 0 Å². The summed E-state index contributed by atoms with van der Waals surface area (Å²) in [5.74, 6) is 6.41. The highest BCUT2D eigenvalue weighted by atomic mass is 16.7. The molecule has 1 aliphatic heterocycles. The molecule has 1 amide bonds. The second kappa shape index (κ2) is 6.17. The van der Waals surface area contributed by atoms with E-state index in [1.165, 1.54) is 0 Å². The highest BCUT2D eigenvalue weighted by Crippen LogP contribution is 2.35. The molecule has 0 fully saturated rings. The van der Waals surface area contributed by atoms with E-state index in [1.54, 1.807) is 13.0 Å². The van der Waals surface area contributed by atoms with Gasteiger partial charge in [0, 0.05) is 23.1 Å².